The molecule has 2 rings (SSSR count). The molecule has 7 heteroatoms. The van der Waals surface area contributed by atoms with E-state index in [-0.39, 0.29) is 5.78 Å². The number of carbonyl (C=O) groups excluding carboxylic acids is 2. The van der Waals surface area contributed by atoms with Crippen LogP contribution >= 0.6 is 11.8 Å². The average Bonchev–Trinajstić information content (AvgIpc) is 2.74. The molecule has 0 fully saturated rings. The van der Waals surface area contributed by atoms with Gasteiger partial charge in [-0.2, -0.15) is 0 Å². The SMILES string of the molecule is CCCCCCOC(=O)NC(=Nc1cc(C(=O)c2ccccc2)ccc1N)SC. The summed E-state index contributed by atoms with van der Waals surface area (Å²) >= 11 is 1.26. The number of rotatable bonds is 8. The summed E-state index contributed by atoms with van der Waals surface area (Å²) in [6.45, 7) is 2.50. The molecule has 0 radical (unpaired) electrons. The summed E-state index contributed by atoms with van der Waals surface area (Å²) in [6, 6.07) is 13.9. The number of amidine groups is 1. The van der Waals surface area contributed by atoms with Crippen LogP contribution in [0.4, 0.5) is 16.2 Å². The summed E-state index contributed by atoms with van der Waals surface area (Å²) < 4.78 is 5.18. The molecule has 6 nitrogen and oxygen atoms in total. The Balaban J connectivity index is 2.08. The van der Waals surface area contributed by atoms with Crippen LogP contribution in [0.2, 0.25) is 0 Å². The van der Waals surface area contributed by atoms with Gasteiger partial charge in [0.2, 0.25) is 0 Å². The second kappa shape index (κ2) is 11.9. The van der Waals surface area contributed by atoms with Gasteiger partial charge < -0.3 is 10.5 Å². The van der Waals surface area contributed by atoms with E-state index in [0.29, 0.717) is 34.3 Å². The number of thioether (sulfide) groups is 1. The molecule has 2 aromatic rings. The number of hydrogen-bond acceptors (Lipinski definition) is 6. The van der Waals surface area contributed by atoms with Crippen molar-refractivity contribution in [2.75, 3.05) is 18.6 Å². The number of unbranched alkanes of at least 4 members (excludes halogenated alkanes) is 3. The molecule has 1 amide bonds. The Hall–Kier alpha value is -2.80. The van der Waals surface area contributed by atoms with Crippen molar-refractivity contribution in [1.29, 1.82) is 0 Å². The van der Waals surface area contributed by atoms with E-state index < -0.39 is 6.09 Å². The van der Waals surface area contributed by atoms with Gasteiger partial charge in [0.25, 0.3) is 0 Å². The highest BCUT2D eigenvalue weighted by Gasteiger charge is 2.12. The van der Waals surface area contributed by atoms with Crippen LogP contribution in [0, 0.1) is 0 Å². The lowest BCUT2D eigenvalue weighted by atomic mass is 10.0. The number of nitrogens with zero attached hydrogens (tertiary/aromatic N) is 1. The highest BCUT2D eigenvalue weighted by atomic mass is 32.2. The third-order valence-electron chi connectivity index (χ3n) is 4.18. The van der Waals surface area contributed by atoms with E-state index in [1.807, 2.05) is 18.2 Å². The Bertz CT molecular complexity index is 854. The second-order valence-corrected chi connectivity index (χ2v) is 7.21. The molecule has 0 aromatic heterocycles. The van der Waals surface area contributed by atoms with Crippen molar-refractivity contribution >= 4 is 40.2 Å². The van der Waals surface area contributed by atoms with Crippen LogP contribution in [0.15, 0.2) is 53.5 Å². The molecule has 0 aliphatic heterocycles. The van der Waals surface area contributed by atoms with E-state index in [0.717, 1.165) is 25.7 Å². The number of alkyl carbamates (subject to hydrolysis) is 1. The highest BCUT2D eigenvalue weighted by Crippen LogP contribution is 2.25. The van der Waals surface area contributed by atoms with Gasteiger partial charge in [-0.05, 0) is 30.9 Å². The van der Waals surface area contributed by atoms with Gasteiger partial charge in [0.15, 0.2) is 11.0 Å². The molecule has 0 bridgehead atoms. The van der Waals surface area contributed by atoms with E-state index in [9.17, 15) is 9.59 Å². The van der Waals surface area contributed by atoms with Crippen LogP contribution in [-0.4, -0.2) is 29.9 Å². The fraction of sp³-hybridized carbons (Fsp3) is 0.318. The van der Waals surface area contributed by atoms with Crippen LogP contribution in [0.25, 0.3) is 0 Å². The van der Waals surface area contributed by atoms with Gasteiger partial charge in [-0.25, -0.2) is 9.79 Å². The quantitative estimate of drug-likeness (QED) is 0.205. The van der Waals surface area contributed by atoms with Crippen molar-refractivity contribution in [1.82, 2.24) is 5.32 Å². The predicted octanol–water partition coefficient (Wildman–Crippen LogP) is 5.16. The van der Waals surface area contributed by atoms with E-state index in [4.69, 9.17) is 10.5 Å². The van der Waals surface area contributed by atoms with Gasteiger partial charge in [0.05, 0.1) is 18.0 Å². The number of hydrogen-bond donors (Lipinski definition) is 2. The standard InChI is InChI=1S/C22H27N3O3S/c1-3-4-5-9-14-28-22(27)25-21(29-2)24-19-15-17(12-13-18(19)23)20(26)16-10-7-6-8-11-16/h6-8,10-13,15H,3-5,9,14,23H2,1-2H3,(H,24,25,27). The van der Waals surface area contributed by atoms with Crippen LogP contribution in [0.1, 0.15) is 48.5 Å². The smallest absolute Gasteiger partial charge is 0.413 e. The number of ether oxygens (including phenoxy) is 1. The molecular weight excluding hydrogens is 386 g/mol. The van der Waals surface area contributed by atoms with Gasteiger partial charge in [-0.1, -0.05) is 68.3 Å². The molecule has 0 aliphatic carbocycles. The molecule has 29 heavy (non-hydrogen) atoms. The minimum absolute atomic E-state index is 0.118. The summed E-state index contributed by atoms with van der Waals surface area (Å²) in [5, 5.41) is 2.97. The lowest BCUT2D eigenvalue weighted by Gasteiger charge is -2.09. The average molecular weight is 414 g/mol. The van der Waals surface area contributed by atoms with E-state index in [1.165, 1.54) is 11.8 Å². The van der Waals surface area contributed by atoms with Gasteiger partial charge in [-0.15, -0.1) is 0 Å². The van der Waals surface area contributed by atoms with Crippen molar-refractivity contribution in [3.8, 4) is 0 Å². The van der Waals surface area contributed by atoms with Crippen molar-refractivity contribution in [2.24, 2.45) is 4.99 Å². The van der Waals surface area contributed by atoms with Gasteiger partial charge >= 0.3 is 6.09 Å². The fourth-order valence-corrected chi connectivity index (χ4v) is 2.96. The Labute approximate surface area is 175 Å². The fourth-order valence-electron chi connectivity index (χ4n) is 2.59. The summed E-state index contributed by atoms with van der Waals surface area (Å²) in [5.74, 6) is -0.118. The maximum absolute atomic E-state index is 12.7. The van der Waals surface area contributed by atoms with E-state index in [1.54, 1.807) is 36.6 Å². The number of amides is 1. The number of nitrogens with two attached hydrogens (primary N) is 1. The first-order chi connectivity index (χ1) is 14.0. The molecule has 0 spiro atoms. The molecule has 0 heterocycles. The molecular formula is C22H27N3O3S. The summed E-state index contributed by atoms with van der Waals surface area (Å²) in [6.07, 6.45) is 5.36. The molecule has 154 valence electrons. The zero-order valence-corrected chi connectivity index (χ0v) is 17.6. The summed E-state index contributed by atoms with van der Waals surface area (Å²) in [4.78, 5) is 29.0. The topological polar surface area (TPSA) is 93.8 Å². The first-order valence-corrected chi connectivity index (χ1v) is 10.8. The Morgan fingerprint density at radius 1 is 1.07 bits per heavy atom. The second-order valence-electron chi connectivity index (χ2n) is 6.41. The zero-order chi connectivity index (χ0) is 21.1. The van der Waals surface area contributed by atoms with Crippen molar-refractivity contribution in [3.63, 3.8) is 0 Å². The normalized spacial score (nSPS) is 11.2. The monoisotopic (exact) mass is 413 g/mol. The van der Waals surface area contributed by atoms with Gasteiger partial charge in [0.1, 0.15) is 0 Å². The number of anilines is 1. The molecule has 0 saturated heterocycles. The minimum atomic E-state index is -0.551. The third-order valence-corrected chi connectivity index (χ3v) is 4.76. The Morgan fingerprint density at radius 3 is 2.52 bits per heavy atom. The minimum Gasteiger partial charge on any atom is -0.449 e. The number of carbonyl (C=O) groups is 2. The van der Waals surface area contributed by atoms with Crippen LogP contribution in [-0.2, 0) is 4.74 Å². The predicted molar refractivity (Wildman–Crippen MR) is 120 cm³/mol. The lowest BCUT2D eigenvalue weighted by Crippen LogP contribution is -2.29. The number of nitrogens with one attached hydrogen (secondary N) is 1. The first kappa shape index (κ1) is 22.5. The third kappa shape index (κ3) is 7.27. The maximum Gasteiger partial charge on any atom is 0.413 e. The number of ketones is 1. The zero-order valence-electron chi connectivity index (χ0n) is 16.8. The molecule has 3 N–H and O–H groups in total. The summed E-state index contributed by atoms with van der Waals surface area (Å²) in [5.41, 5.74) is 7.91. The van der Waals surface area contributed by atoms with E-state index >= 15 is 0 Å². The molecule has 0 unspecified atom stereocenters. The molecule has 0 saturated carbocycles. The first-order valence-electron chi connectivity index (χ1n) is 9.61. The van der Waals surface area contributed by atoms with Gasteiger partial charge in [-0.3, -0.25) is 10.1 Å². The van der Waals surface area contributed by atoms with Gasteiger partial charge in [0, 0.05) is 11.1 Å². The number of benzene rings is 2. The Morgan fingerprint density at radius 2 is 1.83 bits per heavy atom. The Kier molecular flexibility index (Phi) is 9.24. The van der Waals surface area contributed by atoms with Crippen LogP contribution < -0.4 is 11.1 Å². The van der Waals surface area contributed by atoms with E-state index in [2.05, 4.69) is 17.2 Å². The number of aliphatic imine (C=N–C) groups is 1. The molecule has 0 atom stereocenters. The highest BCUT2D eigenvalue weighted by molar-refractivity contribution is 8.13. The maximum atomic E-state index is 12.7. The number of nitrogen functional groups attached to an aromatic ring is 1. The molecule has 2 aromatic carbocycles. The molecule has 0 aliphatic rings. The van der Waals surface area contributed by atoms with Crippen molar-refractivity contribution in [3.05, 3.63) is 59.7 Å². The van der Waals surface area contributed by atoms with Crippen molar-refractivity contribution < 1.29 is 14.3 Å². The summed E-state index contributed by atoms with van der Waals surface area (Å²) in [7, 11) is 0. The lowest BCUT2D eigenvalue weighted by molar-refractivity contribution is 0.103. The van der Waals surface area contributed by atoms with Crippen molar-refractivity contribution in [2.45, 2.75) is 32.6 Å². The largest absolute Gasteiger partial charge is 0.449 e. The van der Waals surface area contributed by atoms with Crippen LogP contribution in [0.5, 0.6) is 0 Å². The van der Waals surface area contributed by atoms with Crippen LogP contribution in [0.3, 0.4) is 0 Å².